The first-order chi connectivity index (χ1) is 9.10. The van der Waals surface area contributed by atoms with Crippen LogP contribution in [0.3, 0.4) is 0 Å². The summed E-state index contributed by atoms with van der Waals surface area (Å²) in [5.74, 6) is 0.656. The summed E-state index contributed by atoms with van der Waals surface area (Å²) < 4.78 is 24.8. The SMILES string of the molecule is O=S(=O)(CC1CCC2(CCNC2)C1)c1ccccc1. The molecule has 0 bridgehead atoms. The van der Waals surface area contributed by atoms with E-state index in [0.717, 1.165) is 25.9 Å². The van der Waals surface area contributed by atoms with E-state index in [1.807, 2.05) is 6.07 Å². The maximum atomic E-state index is 12.4. The van der Waals surface area contributed by atoms with Crippen LogP contribution in [0, 0.1) is 11.3 Å². The Bertz CT molecular complexity index is 533. The Balaban J connectivity index is 1.69. The Hall–Kier alpha value is -0.870. The van der Waals surface area contributed by atoms with Crippen LogP contribution in [-0.2, 0) is 9.84 Å². The summed E-state index contributed by atoms with van der Waals surface area (Å²) in [6.07, 6.45) is 4.55. The van der Waals surface area contributed by atoms with Gasteiger partial charge in [0.1, 0.15) is 0 Å². The third-order valence-electron chi connectivity index (χ3n) is 4.69. The second kappa shape index (κ2) is 4.91. The van der Waals surface area contributed by atoms with Crippen LogP contribution < -0.4 is 5.32 Å². The molecule has 3 nitrogen and oxygen atoms in total. The van der Waals surface area contributed by atoms with Crippen molar-refractivity contribution < 1.29 is 8.42 Å². The van der Waals surface area contributed by atoms with E-state index in [0.29, 0.717) is 22.0 Å². The third kappa shape index (κ3) is 2.70. The van der Waals surface area contributed by atoms with Crippen LogP contribution in [0.2, 0.25) is 0 Å². The van der Waals surface area contributed by atoms with E-state index in [-0.39, 0.29) is 0 Å². The van der Waals surface area contributed by atoms with Gasteiger partial charge in [0.05, 0.1) is 10.6 Å². The van der Waals surface area contributed by atoms with Gasteiger partial charge >= 0.3 is 0 Å². The zero-order chi connectivity index (χ0) is 13.3. The van der Waals surface area contributed by atoms with E-state index < -0.39 is 9.84 Å². The topological polar surface area (TPSA) is 46.2 Å². The van der Waals surface area contributed by atoms with Crippen LogP contribution in [0.25, 0.3) is 0 Å². The molecular formula is C15H21NO2S. The fourth-order valence-corrected chi connectivity index (χ4v) is 5.36. The fraction of sp³-hybridized carbons (Fsp3) is 0.600. The average molecular weight is 279 g/mol. The van der Waals surface area contributed by atoms with E-state index in [4.69, 9.17) is 0 Å². The molecule has 2 unspecified atom stereocenters. The Morgan fingerprint density at radius 3 is 2.68 bits per heavy atom. The Morgan fingerprint density at radius 2 is 2.00 bits per heavy atom. The van der Waals surface area contributed by atoms with Gasteiger partial charge in [-0.2, -0.15) is 0 Å². The molecular weight excluding hydrogens is 258 g/mol. The zero-order valence-corrected chi connectivity index (χ0v) is 12.0. The molecule has 1 saturated heterocycles. The lowest BCUT2D eigenvalue weighted by Crippen LogP contribution is -2.22. The number of rotatable bonds is 3. The third-order valence-corrected chi connectivity index (χ3v) is 6.59. The average Bonchev–Trinajstić information content (AvgIpc) is 3.01. The second-order valence-corrected chi connectivity index (χ2v) is 8.16. The number of hydrogen-bond acceptors (Lipinski definition) is 3. The molecule has 1 N–H and O–H groups in total. The second-order valence-electron chi connectivity index (χ2n) is 6.13. The summed E-state index contributed by atoms with van der Waals surface area (Å²) >= 11 is 0. The molecule has 1 saturated carbocycles. The monoisotopic (exact) mass is 279 g/mol. The highest BCUT2D eigenvalue weighted by atomic mass is 32.2. The van der Waals surface area contributed by atoms with Gasteiger partial charge in [0.2, 0.25) is 0 Å². The van der Waals surface area contributed by atoms with Crippen molar-refractivity contribution in [2.45, 2.75) is 30.6 Å². The van der Waals surface area contributed by atoms with E-state index in [1.54, 1.807) is 24.3 Å². The molecule has 3 rings (SSSR count). The summed E-state index contributed by atoms with van der Waals surface area (Å²) in [6.45, 7) is 2.17. The lowest BCUT2D eigenvalue weighted by molar-refractivity contribution is 0.324. The van der Waals surface area contributed by atoms with Gasteiger partial charge < -0.3 is 5.32 Å². The first-order valence-electron chi connectivity index (χ1n) is 7.08. The van der Waals surface area contributed by atoms with Crippen LogP contribution in [-0.4, -0.2) is 27.3 Å². The van der Waals surface area contributed by atoms with Gasteiger partial charge in [0.15, 0.2) is 9.84 Å². The first-order valence-corrected chi connectivity index (χ1v) is 8.74. The first kappa shape index (κ1) is 13.1. The van der Waals surface area contributed by atoms with Crippen molar-refractivity contribution in [3.63, 3.8) is 0 Å². The number of nitrogens with one attached hydrogen (secondary N) is 1. The molecule has 2 atom stereocenters. The van der Waals surface area contributed by atoms with Gasteiger partial charge in [-0.25, -0.2) is 8.42 Å². The lowest BCUT2D eigenvalue weighted by Gasteiger charge is -2.21. The minimum atomic E-state index is -3.11. The minimum absolute atomic E-state index is 0.318. The highest BCUT2D eigenvalue weighted by Gasteiger charge is 2.42. The largest absolute Gasteiger partial charge is 0.316 e. The Labute approximate surface area is 115 Å². The Kier molecular flexibility index (Phi) is 3.39. The number of hydrogen-bond donors (Lipinski definition) is 1. The van der Waals surface area contributed by atoms with Gasteiger partial charge in [0, 0.05) is 6.54 Å². The zero-order valence-electron chi connectivity index (χ0n) is 11.1. The summed E-state index contributed by atoms with van der Waals surface area (Å²) in [5, 5.41) is 3.42. The molecule has 1 aliphatic heterocycles. The molecule has 104 valence electrons. The van der Waals surface area contributed by atoms with Crippen LogP contribution in [0.1, 0.15) is 25.7 Å². The highest BCUT2D eigenvalue weighted by molar-refractivity contribution is 7.91. The quantitative estimate of drug-likeness (QED) is 0.923. The molecule has 2 aliphatic rings. The molecule has 4 heteroatoms. The van der Waals surface area contributed by atoms with Crippen molar-refractivity contribution >= 4 is 9.84 Å². The smallest absolute Gasteiger partial charge is 0.178 e. The maximum absolute atomic E-state index is 12.4. The van der Waals surface area contributed by atoms with E-state index in [2.05, 4.69) is 5.32 Å². The molecule has 0 amide bonds. The predicted octanol–water partition coefficient (Wildman–Crippen LogP) is 2.24. The molecule has 1 spiro atoms. The lowest BCUT2D eigenvalue weighted by atomic mass is 9.85. The minimum Gasteiger partial charge on any atom is -0.316 e. The van der Waals surface area contributed by atoms with Gasteiger partial charge in [-0.3, -0.25) is 0 Å². The standard InChI is InChI=1S/C15H21NO2S/c17-19(18,14-4-2-1-3-5-14)11-13-6-7-15(10-13)8-9-16-12-15/h1-5,13,16H,6-12H2. The number of sulfone groups is 1. The van der Waals surface area contributed by atoms with Crippen molar-refractivity contribution in [1.29, 1.82) is 0 Å². The summed E-state index contributed by atoms with van der Waals surface area (Å²) in [6, 6.07) is 8.86. The molecule has 0 aromatic heterocycles. The van der Waals surface area contributed by atoms with Crippen molar-refractivity contribution in [2.75, 3.05) is 18.8 Å². The van der Waals surface area contributed by atoms with Gasteiger partial charge in [0.25, 0.3) is 0 Å². The van der Waals surface area contributed by atoms with Gasteiger partial charge in [-0.05, 0) is 55.7 Å². The van der Waals surface area contributed by atoms with E-state index >= 15 is 0 Å². The summed E-state index contributed by atoms with van der Waals surface area (Å²) in [4.78, 5) is 0.473. The molecule has 1 aliphatic carbocycles. The van der Waals surface area contributed by atoms with Gasteiger partial charge in [-0.15, -0.1) is 0 Å². The van der Waals surface area contributed by atoms with Crippen molar-refractivity contribution in [3.05, 3.63) is 30.3 Å². The predicted molar refractivity (Wildman–Crippen MR) is 75.8 cm³/mol. The molecule has 0 radical (unpaired) electrons. The fourth-order valence-electron chi connectivity index (χ4n) is 3.69. The highest BCUT2D eigenvalue weighted by Crippen LogP contribution is 2.46. The van der Waals surface area contributed by atoms with Crippen LogP contribution in [0.15, 0.2) is 35.2 Å². The van der Waals surface area contributed by atoms with Crippen molar-refractivity contribution in [2.24, 2.45) is 11.3 Å². The molecule has 2 fully saturated rings. The molecule has 1 aromatic rings. The Morgan fingerprint density at radius 1 is 1.21 bits per heavy atom. The number of benzene rings is 1. The van der Waals surface area contributed by atoms with Crippen molar-refractivity contribution in [3.8, 4) is 0 Å². The molecule has 1 aromatic carbocycles. The van der Waals surface area contributed by atoms with Crippen LogP contribution in [0.4, 0.5) is 0 Å². The normalized spacial score (nSPS) is 31.1. The van der Waals surface area contributed by atoms with E-state index in [9.17, 15) is 8.42 Å². The van der Waals surface area contributed by atoms with Crippen LogP contribution in [0.5, 0.6) is 0 Å². The molecule has 1 heterocycles. The maximum Gasteiger partial charge on any atom is 0.178 e. The van der Waals surface area contributed by atoms with E-state index in [1.165, 1.54) is 12.8 Å². The molecule has 19 heavy (non-hydrogen) atoms. The van der Waals surface area contributed by atoms with Gasteiger partial charge in [-0.1, -0.05) is 18.2 Å². The summed E-state index contributed by atoms with van der Waals surface area (Å²) in [7, 11) is -3.11. The van der Waals surface area contributed by atoms with Crippen molar-refractivity contribution in [1.82, 2.24) is 5.32 Å². The van der Waals surface area contributed by atoms with Crippen LogP contribution >= 0.6 is 0 Å². The summed E-state index contributed by atoms with van der Waals surface area (Å²) in [5.41, 5.74) is 0.400.